The van der Waals surface area contributed by atoms with Gasteiger partial charge in [-0.25, -0.2) is 14.8 Å². The maximum atomic E-state index is 13.9. The summed E-state index contributed by atoms with van der Waals surface area (Å²) in [5.41, 5.74) is 6.86. The summed E-state index contributed by atoms with van der Waals surface area (Å²) < 4.78 is 9.11. The zero-order valence-electron chi connectivity index (χ0n) is 44.1. The zero-order chi connectivity index (χ0) is 53.4. The molecule has 2 atom stereocenters. The van der Waals surface area contributed by atoms with E-state index in [1.165, 1.54) is 64.2 Å². The molecular formula is C55H78Cl2N12O6. The van der Waals surface area contributed by atoms with E-state index in [9.17, 15) is 24.0 Å². The summed E-state index contributed by atoms with van der Waals surface area (Å²) in [6.07, 6.45) is 23.0. The van der Waals surface area contributed by atoms with Crippen molar-refractivity contribution >= 4 is 52.9 Å². The Morgan fingerprint density at radius 3 is 1.40 bits per heavy atom. The molecule has 4 heterocycles. The van der Waals surface area contributed by atoms with E-state index >= 15 is 0 Å². The number of alkyl carbamates (subject to hydrolysis) is 1. The lowest BCUT2D eigenvalue weighted by atomic mass is 9.63. The number of rotatable bonds is 17. The molecule has 2 aromatic heterocycles. The first-order valence-electron chi connectivity index (χ1n) is 27.0. The number of benzene rings is 2. The van der Waals surface area contributed by atoms with E-state index in [1.807, 2.05) is 43.4 Å². The minimum Gasteiger partial charge on any atom is -0.444 e. The Morgan fingerprint density at radius 1 is 0.640 bits per heavy atom. The molecule has 2 aromatic carbocycles. The second-order valence-corrected chi connectivity index (χ2v) is 23.1. The van der Waals surface area contributed by atoms with Crippen LogP contribution in [-0.2, 0) is 49.8 Å². The topological polar surface area (TPSA) is 225 Å². The van der Waals surface area contributed by atoms with E-state index < -0.39 is 29.7 Å². The Bertz CT molecular complexity index is 2420. The number of likely N-dealkylation sites (tertiary alicyclic amines) is 2. The van der Waals surface area contributed by atoms with Crippen molar-refractivity contribution in [2.24, 2.45) is 28.4 Å². The molecule has 2 saturated carbocycles. The summed E-state index contributed by atoms with van der Waals surface area (Å²) in [7, 11) is 0. The van der Waals surface area contributed by atoms with Crippen LogP contribution in [0.25, 0.3) is 0 Å². The van der Waals surface area contributed by atoms with E-state index in [-0.39, 0.29) is 41.6 Å². The largest absolute Gasteiger partial charge is 0.444 e. The smallest absolute Gasteiger partial charge is 0.408 e. The Hall–Kier alpha value is -5.59. The molecule has 408 valence electrons. The lowest BCUT2D eigenvalue weighted by molar-refractivity contribution is -0.139. The Kier molecular flexibility index (Phi) is 20.5. The first kappa shape index (κ1) is 57.1. The second kappa shape index (κ2) is 26.9. The van der Waals surface area contributed by atoms with Crippen LogP contribution in [0.1, 0.15) is 122 Å². The number of nitrogens with zero attached hydrogens (tertiary/aromatic N) is 8. The maximum absolute atomic E-state index is 13.9. The highest BCUT2D eigenvalue weighted by Crippen LogP contribution is 2.48. The third-order valence-electron chi connectivity index (χ3n) is 15.9. The van der Waals surface area contributed by atoms with Crippen LogP contribution in [0, 0.1) is 22.7 Å². The highest BCUT2D eigenvalue weighted by atomic mass is 35.5. The molecule has 5 amide bonds. The summed E-state index contributed by atoms with van der Waals surface area (Å²) in [6, 6.07) is 13.2. The van der Waals surface area contributed by atoms with Gasteiger partial charge in [0.1, 0.15) is 49.5 Å². The van der Waals surface area contributed by atoms with Crippen molar-refractivity contribution in [3.63, 3.8) is 0 Å². The molecule has 2 aliphatic carbocycles. The van der Waals surface area contributed by atoms with Crippen molar-refractivity contribution in [2.45, 2.75) is 154 Å². The van der Waals surface area contributed by atoms with Crippen LogP contribution in [0.4, 0.5) is 4.79 Å². The molecule has 0 bridgehead atoms. The van der Waals surface area contributed by atoms with Crippen LogP contribution in [0.5, 0.6) is 0 Å². The number of hydrogen-bond acceptors (Lipinski definition) is 11. The van der Waals surface area contributed by atoms with Gasteiger partial charge in [-0.3, -0.25) is 28.5 Å². The predicted molar refractivity (Wildman–Crippen MR) is 287 cm³/mol. The molecule has 75 heavy (non-hydrogen) atoms. The normalized spacial score (nSPS) is 18.9. The average molecular weight is 1070 g/mol. The first-order chi connectivity index (χ1) is 36.0. The molecule has 18 nitrogen and oxygen atoms in total. The van der Waals surface area contributed by atoms with Crippen LogP contribution in [0.3, 0.4) is 0 Å². The van der Waals surface area contributed by atoms with Crippen LogP contribution in [0.15, 0.2) is 73.8 Å². The third-order valence-corrected chi connectivity index (χ3v) is 16.4. The van der Waals surface area contributed by atoms with Gasteiger partial charge in [0.05, 0.1) is 6.54 Å². The molecular weight excluding hydrogens is 996 g/mol. The SMILES string of the molecule is CC(C)(C)OC(=O)NCC(=O)N[C@H](Cc1ccc(Cl)cc1)C(=O)N1CCC(Cn2cncn2)(C2CCCCC2)CC1.NCC(=O)N[C@H](Cc1ccc(Cl)cc1)C(=O)N1CCC(Cn2cncn2)(C2CCCCC2)CC1. The molecule has 4 aliphatic rings. The lowest BCUT2D eigenvalue weighted by Gasteiger charge is -2.48. The third kappa shape index (κ3) is 16.7. The van der Waals surface area contributed by atoms with Crippen molar-refractivity contribution in [1.29, 1.82) is 0 Å². The minimum atomic E-state index is -0.776. The quantitative estimate of drug-likeness (QED) is 0.0829. The van der Waals surface area contributed by atoms with Gasteiger partial charge in [0.15, 0.2) is 0 Å². The standard InChI is InChI=1S/C30H43ClN6O4.C25H35ClN6O2/c1-29(2,3)41-28(40)33-18-26(38)35-25(17-22-9-11-24(31)12-10-22)27(39)36-15-13-30(14-16-36,19-37-21-32-20-34-37)23-7-5-4-6-8-23;26-21-8-6-19(7-9-21)14-22(30-23(33)15-27)24(34)31-12-10-25(11-13-31,16-32-18-28-17-29-32)20-4-2-1-3-5-20/h9-12,20-21,23,25H,4-8,13-19H2,1-3H3,(H,33,40)(H,35,38);6-9,17-18,20,22H,1-5,10-16,27H2,(H,30,33)/t25-;22-/m11/s1. The zero-order valence-corrected chi connectivity index (χ0v) is 45.6. The lowest BCUT2D eigenvalue weighted by Crippen LogP contribution is -2.55. The van der Waals surface area contributed by atoms with Gasteiger partial charge in [-0.05, 0) is 130 Å². The fourth-order valence-corrected chi connectivity index (χ4v) is 12.2. The van der Waals surface area contributed by atoms with Crippen molar-refractivity contribution in [2.75, 3.05) is 39.3 Å². The number of ether oxygens (including phenoxy) is 1. The molecule has 5 N–H and O–H groups in total. The van der Waals surface area contributed by atoms with Gasteiger partial charge >= 0.3 is 6.09 Å². The molecule has 8 rings (SSSR count). The number of hydrogen-bond donors (Lipinski definition) is 4. The van der Waals surface area contributed by atoms with Gasteiger partial charge in [-0.1, -0.05) is 86.0 Å². The number of aromatic nitrogens is 6. The van der Waals surface area contributed by atoms with Gasteiger partial charge in [0, 0.05) is 62.2 Å². The molecule has 0 unspecified atom stereocenters. The van der Waals surface area contributed by atoms with Gasteiger partial charge in [0.2, 0.25) is 23.6 Å². The first-order valence-corrected chi connectivity index (χ1v) is 27.7. The number of nitrogens with two attached hydrogens (primary N) is 1. The summed E-state index contributed by atoms with van der Waals surface area (Å²) >= 11 is 12.1. The van der Waals surface area contributed by atoms with Gasteiger partial charge in [-0.15, -0.1) is 0 Å². The molecule has 0 spiro atoms. The molecule has 0 radical (unpaired) electrons. The van der Waals surface area contributed by atoms with Gasteiger partial charge in [0.25, 0.3) is 0 Å². The molecule has 2 aliphatic heterocycles. The van der Waals surface area contributed by atoms with Gasteiger partial charge < -0.3 is 36.2 Å². The maximum Gasteiger partial charge on any atom is 0.408 e. The number of carbonyl (C=O) groups excluding carboxylic acids is 5. The highest BCUT2D eigenvalue weighted by Gasteiger charge is 2.45. The Morgan fingerprint density at radius 2 is 1.04 bits per heavy atom. The monoisotopic (exact) mass is 1070 g/mol. The number of amides is 5. The number of nitrogens with one attached hydrogen (secondary N) is 3. The van der Waals surface area contributed by atoms with Crippen LogP contribution < -0.4 is 21.7 Å². The average Bonchev–Trinajstić information content (AvgIpc) is 4.14. The number of carbonyl (C=O) groups is 5. The second-order valence-electron chi connectivity index (χ2n) is 22.2. The van der Waals surface area contributed by atoms with E-state index in [0.29, 0.717) is 60.9 Å². The van der Waals surface area contributed by atoms with Crippen molar-refractivity contribution < 1.29 is 28.7 Å². The summed E-state index contributed by atoms with van der Waals surface area (Å²) in [5.74, 6) is 0.291. The predicted octanol–water partition coefficient (Wildman–Crippen LogP) is 7.18. The van der Waals surface area contributed by atoms with E-state index in [4.69, 9.17) is 33.7 Å². The molecule has 4 aromatic rings. The van der Waals surface area contributed by atoms with Crippen LogP contribution >= 0.6 is 23.2 Å². The molecule has 4 fully saturated rings. The Labute approximate surface area is 452 Å². The van der Waals surface area contributed by atoms with Crippen molar-refractivity contribution in [3.8, 4) is 0 Å². The minimum absolute atomic E-state index is 0.0465. The van der Waals surface area contributed by atoms with Crippen molar-refractivity contribution in [1.82, 2.24) is 55.3 Å². The number of halogens is 2. The van der Waals surface area contributed by atoms with E-state index in [1.54, 1.807) is 70.3 Å². The van der Waals surface area contributed by atoms with Crippen molar-refractivity contribution in [3.05, 3.63) is 95.0 Å². The fraction of sp³-hybridized carbons (Fsp3) is 0.618. The van der Waals surface area contributed by atoms with Crippen LogP contribution in [-0.4, -0.2) is 126 Å². The van der Waals surface area contributed by atoms with E-state index in [0.717, 1.165) is 49.9 Å². The van der Waals surface area contributed by atoms with E-state index in [2.05, 4.69) is 36.1 Å². The molecule has 20 heteroatoms. The molecule has 2 saturated heterocycles. The summed E-state index contributed by atoms with van der Waals surface area (Å²) in [5, 5.41) is 18.2. The van der Waals surface area contributed by atoms with Gasteiger partial charge in [-0.2, -0.15) is 10.2 Å². The highest BCUT2D eigenvalue weighted by molar-refractivity contribution is 6.30. The number of piperidine rings is 2. The van der Waals surface area contributed by atoms with Crippen LogP contribution in [0.2, 0.25) is 10.0 Å². The Balaban J connectivity index is 0.000000222. The summed E-state index contributed by atoms with van der Waals surface area (Å²) in [4.78, 5) is 76.5. The summed E-state index contributed by atoms with van der Waals surface area (Å²) in [6.45, 7) is 9.07. The fourth-order valence-electron chi connectivity index (χ4n) is 12.0.